The van der Waals surface area contributed by atoms with E-state index in [-0.39, 0.29) is 13.4 Å². The zero-order chi connectivity index (χ0) is 13.1. The van der Waals surface area contributed by atoms with E-state index in [4.69, 9.17) is 5.73 Å². The van der Waals surface area contributed by atoms with Crippen molar-refractivity contribution in [1.29, 1.82) is 0 Å². The van der Waals surface area contributed by atoms with Gasteiger partial charge in [0.25, 0.3) is 0 Å². The molecule has 0 bridgehead atoms. The van der Waals surface area contributed by atoms with E-state index >= 15 is 0 Å². The molecule has 0 saturated carbocycles. The lowest BCUT2D eigenvalue weighted by Gasteiger charge is -2.12. The second-order valence-electron chi connectivity index (χ2n) is 5.18. The summed E-state index contributed by atoms with van der Waals surface area (Å²) in [6.45, 7) is 10.8. The maximum Gasteiger partial charge on any atom is 0.222 e. The van der Waals surface area contributed by atoms with Gasteiger partial charge in [-0.25, -0.2) is 9.97 Å². The number of imidazole rings is 1. The van der Waals surface area contributed by atoms with Crippen molar-refractivity contribution >= 4 is 17.1 Å². The van der Waals surface area contributed by atoms with Crippen LogP contribution in [0.25, 0.3) is 11.2 Å². The minimum atomic E-state index is 0. The standard InChI is InChI=1S/C6H7N5.C6H14.CH4/c1-3-4-5(9-2-8-4)11-6(7)10-3;1-5-6(2,3)4;/h2H,1H3,(H3,7,8,9,10,11);5H2,1-4H3;1H4. The fraction of sp³-hybridized carbons (Fsp3) is 0.615. The highest BCUT2D eigenvalue weighted by atomic mass is 15.1. The maximum absolute atomic E-state index is 5.41. The minimum Gasteiger partial charge on any atom is -0.368 e. The smallest absolute Gasteiger partial charge is 0.222 e. The molecule has 2 heterocycles. The Labute approximate surface area is 109 Å². The van der Waals surface area contributed by atoms with E-state index in [0.717, 1.165) is 11.2 Å². The topological polar surface area (TPSA) is 80.5 Å². The van der Waals surface area contributed by atoms with Crippen LogP contribution >= 0.6 is 0 Å². The number of anilines is 1. The molecule has 0 fully saturated rings. The first-order valence-corrected chi connectivity index (χ1v) is 5.76. The number of hydrogen-bond acceptors (Lipinski definition) is 4. The number of fused-ring (bicyclic) bond motifs is 1. The molecule has 0 aliphatic heterocycles. The molecule has 2 aromatic heterocycles. The first-order valence-electron chi connectivity index (χ1n) is 5.76. The lowest BCUT2D eigenvalue weighted by molar-refractivity contribution is 0.398. The van der Waals surface area contributed by atoms with Gasteiger partial charge in [0.05, 0.1) is 12.0 Å². The molecule has 2 rings (SSSR count). The van der Waals surface area contributed by atoms with Gasteiger partial charge in [-0.1, -0.05) is 41.5 Å². The molecule has 2 aromatic rings. The van der Waals surface area contributed by atoms with Crippen molar-refractivity contribution < 1.29 is 0 Å². The Kier molecular flexibility index (Phi) is 5.75. The van der Waals surface area contributed by atoms with Crippen LogP contribution in [-0.4, -0.2) is 19.9 Å². The number of aromatic nitrogens is 4. The summed E-state index contributed by atoms with van der Waals surface area (Å²) in [6, 6.07) is 0. The molecule has 0 unspecified atom stereocenters. The predicted octanol–water partition coefficient (Wildman–Crippen LogP) is 3.32. The lowest BCUT2D eigenvalue weighted by Crippen LogP contribution is -2.00. The van der Waals surface area contributed by atoms with Gasteiger partial charge in [-0.2, -0.15) is 4.98 Å². The summed E-state index contributed by atoms with van der Waals surface area (Å²) < 4.78 is 0. The van der Waals surface area contributed by atoms with Gasteiger partial charge in [0.1, 0.15) is 5.52 Å². The number of nitrogens with zero attached hydrogens (tertiary/aromatic N) is 3. The normalized spacial score (nSPS) is 10.5. The Hall–Kier alpha value is -1.65. The molecule has 0 atom stereocenters. The summed E-state index contributed by atoms with van der Waals surface area (Å²) >= 11 is 0. The Morgan fingerprint density at radius 1 is 1.28 bits per heavy atom. The van der Waals surface area contributed by atoms with Gasteiger partial charge in [0.2, 0.25) is 5.95 Å². The molecule has 0 radical (unpaired) electrons. The molecule has 102 valence electrons. The van der Waals surface area contributed by atoms with Crippen molar-refractivity contribution in [3.63, 3.8) is 0 Å². The van der Waals surface area contributed by atoms with E-state index in [0.29, 0.717) is 11.1 Å². The summed E-state index contributed by atoms with van der Waals surface area (Å²) in [6.07, 6.45) is 2.85. The van der Waals surface area contributed by atoms with Gasteiger partial charge in [-0.15, -0.1) is 0 Å². The lowest BCUT2D eigenvalue weighted by atomic mass is 9.94. The number of H-pyrrole nitrogens is 1. The molecule has 0 aromatic carbocycles. The molecule has 0 spiro atoms. The van der Waals surface area contributed by atoms with Crippen molar-refractivity contribution in [3.05, 3.63) is 12.0 Å². The van der Waals surface area contributed by atoms with Crippen molar-refractivity contribution in [2.75, 3.05) is 5.73 Å². The number of nitrogens with one attached hydrogen (secondary N) is 1. The third kappa shape index (κ3) is 4.69. The van der Waals surface area contributed by atoms with Crippen LogP contribution in [0.4, 0.5) is 5.95 Å². The average Bonchev–Trinajstić information content (AvgIpc) is 2.65. The van der Waals surface area contributed by atoms with Gasteiger partial charge < -0.3 is 10.7 Å². The number of nitrogen functional groups attached to an aromatic ring is 1. The molecular weight excluding hydrogens is 226 g/mol. The first-order chi connectivity index (χ1) is 7.83. The number of aromatic amines is 1. The average molecular weight is 251 g/mol. The zero-order valence-corrected chi connectivity index (χ0v) is 11.2. The van der Waals surface area contributed by atoms with E-state index in [1.807, 2.05) is 6.92 Å². The molecule has 0 amide bonds. The summed E-state index contributed by atoms with van der Waals surface area (Å²) in [5, 5.41) is 0. The highest BCUT2D eigenvalue weighted by Crippen LogP contribution is 2.16. The number of nitrogens with two attached hydrogens (primary N) is 1. The second-order valence-corrected chi connectivity index (χ2v) is 5.18. The van der Waals surface area contributed by atoms with Gasteiger partial charge >= 0.3 is 0 Å². The fourth-order valence-corrected chi connectivity index (χ4v) is 0.999. The van der Waals surface area contributed by atoms with Crippen molar-refractivity contribution in [3.8, 4) is 0 Å². The van der Waals surface area contributed by atoms with Crippen LogP contribution in [0.5, 0.6) is 0 Å². The Morgan fingerprint density at radius 3 is 2.33 bits per heavy atom. The summed E-state index contributed by atoms with van der Waals surface area (Å²) in [5.74, 6) is 0.266. The van der Waals surface area contributed by atoms with E-state index < -0.39 is 0 Å². The summed E-state index contributed by atoms with van der Waals surface area (Å²) in [5.41, 5.74) is 8.24. The Morgan fingerprint density at radius 2 is 1.83 bits per heavy atom. The highest BCUT2D eigenvalue weighted by Gasteiger charge is 2.03. The Balaban J connectivity index is 0.000000362. The number of aryl methyl sites for hydroxylation is 1. The number of rotatable bonds is 0. The largest absolute Gasteiger partial charge is 0.368 e. The first kappa shape index (κ1) is 16.4. The van der Waals surface area contributed by atoms with Crippen LogP contribution < -0.4 is 5.73 Å². The van der Waals surface area contributed by atoms with E-state index in [1.54, 1.807) is 6.33 Å². The summed E-state index contributed by atoms with van der Waals surface area (Å²) in [4.78, 5) is 14.8. The molecule has 5 nitrogen and oxygen atoms in total. The Bertz CT molecular complexity index is 482. The van der Waals surface area contributed by atoms with E-state index in [9.17, 15) is 0 Å². The fourth-order valence-electron chi connectivity index (χ4n) is 0.999. The molecule has 0 aliphatic rings. The van der Waals surface area contributed by atoms with Crippen molar-refractivity contribution in [2.45, 2.75) is 48.5 Å². The number of hydrogen-bond donors (Lipinski definition) is 2. The summed E-state index contributed by atoms with van der Waals surface area (Å²) in [7, 11) is 0. The van der Waals surface area contributed by atoms with Crippen LogP contribution in [0.3, 0.4) is 0 Å². The predicted molar refractivity (Wildman–Crippen MR) is 77.3 cm³/mol. The van der Waals surface area contributed by atoms with E-state index in [2.05, 4.69) is 47.6 Å². The second kappa shape index (κ2) is 6.33. The zero-order valence-electron chi connectivity index (χ0n) is 11.2. The van der Waals surface area contributed by atoms with Crippen molar-refractivity contribution in [2.24, 2.45) is 5.41 Å². The SMILES string of the molecule is C.CCC(C)(C)C.Cc1nc(N)nc2nc[nH]c12. The van der Waals surface area contributed by atoms with Gasteiger partial charge in [0, 0.05) is 0 Å². The van der Waals surface area contributed by atoms with E-state index in [1.165, 1.54) is 6.42 Å². The third-order valence-electron chi connectivity index (χ3n) is 2.54. The molecule has 18 heavy (non-hydrogen) atoms. The van der Waals surface area contributed by atoms with Crippen LogP contribution in [0.2, 0.25) is 0 Å². The molecule has 0 saturated heterocycles. The van der Waals surface area contributed by atoms with Gasteiger partial charge in [-0.3, -0.25) is 0 Å². The molecule has 5 heteroatoms. The third-order valence-corrected chi connectivity index (χ3v) is 2.54. The van der Waals surface area contributed by atoms with Gasteiger partial charge in [0.15, 0.2) is 5.65 Å². The highest BCUT2D eigenvalue weighted by molar-refractivity contribution is 5.73. The van der Waals surface area contributed by atoms with Crippen LogP contribution in [-0.2, 0) is 0 Å². The maximum atomic E-state index is 5.41. The van der Waals surface area contributed by atoms with Gasteiger partial charge in [-0.05, 0) is 12.3 Å². The van der Waals surface area contributed by atoms with Crippen LogP contribution in [0.15, 0.2) is 6.33 Å². The molecule has 3 N–H and O–H groups in total. The minimum absolute atomic E-state index is 0. The van der Waals surface area contributed by atoms with Crippen LogP contribution in [0.1, 0.15) is 47.2 Å². The monoisotopic (exact) mass is 251 g/mol. The quantitative estimate of drug-likeness (QED) is 0.752. The van der Waals surface area contributed by atoms with Crippen molar-refractivity contribution in [1.82, 2.24) is 19.9 Å². The van der Waals surface area contributed by atoms with Crippen LogP contribution in [0, 0.1) is 12.3 Å². The molecule has 0 aliphatic carbocycles. The molecular formula is C13H25N5.